The highest BCUT2D eigenvalue weighted by molar-refractivity contribution is 7.85. The van der Waals surface area contributed by atoms with E-state index in [2.05, 4.69) is 27.7 Å². The third-order valence-corrected chi connectivity index (χ3v) is 6.18. The molecule has 0 bridgehead atoms. The van der Waals surface area contributed by atoms with E-state index in [0.717, 1.165) is 0 Å². The monoisotopic (exact) mass is 531 g/mol. The molecule has 0 radical (unpaired) electrons. The fourth-order valence-electron chi connectivity index (χ4n) is 2.85. The number of hydrogen-bond donors (Lipinski definition) is 0. The average Bonchev–Trinajstić information content (AvgIpc) is 2.76. The van der Waals surface area contributed by atoms with Crippen molar-refractivity contribution in [1.82, 2.24) is 0 Å². The first-order valence-electron chi connectivity index (χ1n) is 10.1. The third-order valence-electron chi connectivity index (χ3n) is 5.46. The van der Waals surface area contributed by atoms with Crippen LogP contribution in [0.5, 0.6) is 0 Å². The summed E-state index contributed by atoms with van der Waals surface area (Å²) in [6, 6.07) is 0. The topological polar surface area (TPSA) is 57.2 Å². The zero-order valence-electron chi connectivity index (χ0n) is 18.6. The van der Waals surface area contributed by atoms with Gasteiger partial charge in [0.1, 0.15) is 6.17 Å². The van der Waals surface area contributed by atoms with E-state index in [1.165, 1.54) is 30.7 Å². The molecule has 0 spiro atoms. The molecular formula is C18H31F10NO3S. The van der Waals surface area contributed by atoms with Crippen LogP contribution in [0, 0.1) is 0 Å². The van der Waals surface area contributed by atoms with Crippen molar-refractivity contribution in [2.75, 3.05) is 31.9 Å². The van der Waals surface area contributed by atoms with Crippen LogP contribution in [-0.2, 0) is 10.1 Å². The Labute approximate surface area is 187 Å². The van der Waals surface area contributed by atoms with Gasteiger partial charge >= 0.3 is 0 Å². The number of quaternary nitrogens is 1. The zero-order valence-corrected chi connectivity index (χ0v) is 19.4. The largest absolute Gasteiger partial charge is 0.748 e. The second-order valence-corrected chi connectivity index (χ2v) is 8.74. The smallest absolute Gasteiger partial charge is 0.272 e. The summed E-state index contributed by atoms with van der Waals surface area (Å²) in [4.78, 5) is 0. The van der Waals surface area contributed by atoms with E-state index in [1.807, 2.05) is 0 Å². The summed E-state index contributed by atoms with van der Waals surface area (Å²) in [5, 5.41) is 0. The van der Waals surface area contributed by atoms with E-state index in [1.54, 1.807) is 0 Å². The molecule has 0 saturated heterocycles. The van der Waals surface area contributed by atoms with Crippen LogP contribution in [0.2, 0.25) is 0 Å². The number of rotatable bonds is 14. The molecule has 8 unspecified atom stereocenters. The maximum Gasteiger partial charge on any atom is 0.272 e. The van der Waals surface area contributed by atoms with E-state index in [-0.39, 0.29) is 0 Å². The van der Waals surface area contributed by atoms with Gasteiger partial charge in [-0.25, -0.2) is 52.3 Å². The second kappa shape index (κ2) is 15.2. The molecular weight excluding hydrogens is 500 g/mol. The summed E-state index contributed by atoms with van der Waals surface area (Å²) in [6.45, 7) is 14.2. The van der Waals surface area contributed by atoms with Crippen LogP contribution in [0.4, 0.5) is 43.9 Å². The van der Waals surface area contributed by atoms with Crippen molar-refractivity contribution in [2.24, 2.45) is 0 Å². The first kappa shape index (κ1) is 34.3. The van der Waals surface area contributed by atoms with Crippen molar-refractivity contribution in [1.29, 1.82) is 0 Å². The summed E-state index contributed by atoms with van der Waals surface area (Å²) in [6.07, 6.45) is -35.0. The molecule has 0 saturated carbocycles. The van der Waals surface area contributed by atoms with Gasteiger partial charge in [-0.1, -0.05) is 0 Å². The first-order chi connectivity index (χ1) is 14.9. The van der Waals surface area contributed by atoms with Crippen LogP contribution in [0.15, 0.2) is 0 Å². The Kier molecular flexibility index (Phi) is 15.8. The molecule has 0 rings (SSSR count). The van der Waals surface area contributed by atoms with Crippen molar-refractivity contribution < 1.29 is 61.4 Å². The molecule has 0 aromatic rings. The van der Waals surface area contributed by atoms with Gasteiger partial charge in [-0.2, -0.15) is 0 Å². The summed E-state index contributed by atoms with van der Waals surface area (Å²) >= 11 is 0. The molecule has 0 aromatic carbocycles. The van der Waals surface area contributed by atoms with Crippen molar-refractivity contribution in [3.8, 4) is 0 Å². The van der Waals surface area contributed by atoms with Crippen molar-refractivity contribution in [2.45, 2.75) is 83.5 Å². The minimum atomic E-state index is -5.41. The van der Waals surface area contributed by atoms with Crippen LogP contribution in [0.25, 0.3) is 0 Å². The van der Waals surface area contributed by atoms with Crippen LogP contribution >= 0.6 is 0 Å². The lowest BCUT2D eigenvalue weighted by molar-refractivity contribution is -0.921. The maximum absolute atomic E-state index is 13.2. The van der Waals surface area contributed by atoms with E-state index < -0.39 is 71.7 Å². The Morgan fingerprint density at radius 3 is 1.06 bits per heavy atom. The molecule has 202 valence electrons. The Morgan fingerprint density at radius 1 is 0.576 bits per heavy atom. The minimum Gasteiger partial charge on any atom is -0.748 e. The second-order valence-electron chi connectivity index (χ2n) is 7.29. The maximum atomic E-state index is 13.2. The average molecular weight is 531 g/mol. The number of hydrogen-bond acceptors (Lipinski definition) is 3. The molecule has 0 aliphatic carbocycles. The predicted octanol–water partition coefficient (Wildman–Crippen LogP) is 4.38. The molecule has 4 nitrogen and oxygen atoms in total. The first-order valence-corrected chi connectivity index (χ1v) is 11.7. The molecule has 8 atom stereocenters. The lowest BCUT2D eigenvalue weighted by atomic mass is 9.98. The Morgan fingerprint density at radius 2 is 0.848 bits per heavy atom. The van der Waals surface area contributed by atoms with Gasteiger partial charge in [0.25, 0.3) is 6.43 Å². The fourth-order valence-corrected chi connectivity index (χ4v) is 3.42. The van der Waals surface area contributed by atoms with Gasteiger partial charge < -0.3 is 9.04 Å². The Bertz CT molecular complexity index is 609. The van der Waals surface area contributed by atoms with Gasteiger partial charge in [0.05, 0.1) is 42.1 Å². The van der Waals surface area contributed by atoms with Gasteiger partial charge in [-0.05, 0) is 27.7 Å². The van der Waals surface area contributed by atoms with Gasteiger partial charge in [0.15, 0.2) is 43.2 Å². The highest BCUT2D eigenvalue weighted by atomic mass is 32.2. The number of alkyl halides is 10. The quantitative estimate of drug-likeness (QED) is 0.190. The van der Waals surface area contributed by atoms with Crippen molar-refractivity contribution in [3.05, 3.63) is 0 Å². The molecule has 0 N–H and O–H groups in total. The van der Waals surface area contributed by atoms with Crippen molar-refractivity contribution >= 4 is 10.1 Å². The normalized spacial score (nSPS) is 20.1. The van der Waals surface area contributed by atoms with Crippen LogP contribution < -0.4 is 0 Å². The van der Waals surface area contributed by atoms with E-state index in [0.29, 0.717) is 0 Å². The van der Waals surface area contributed by atoms with Crippen LogP contribution in [0.1, 0.15) is 27.7 Å². The molecule has 15 heteroatoms. The Hall–Kier alpha value is -0.830. The minimum absolute atomic E-state index is 1.28. The van der Waals surface area contributed by atoms with Crippen LogP contribution in [0.3, 0.4) is 0 Å². The highest BCUT2D eigenvalue weighted by Crippen LogP contribution is 2.29. The standard InChI is InChI=1S/C10H12F10O3S.C8H20N/c11-2(1-24(21,22)23)3(12)4(13)5(14)6(15)7(16)8(17)9(18)10(19)20;1-5-9(6-2,7-3)8-4/h2-10H,1H2,(H,21,22,23);5-8H2,1-4H3/q;+1/p-1. The van der Waals surface area contributed by atoms with E-state index in [4.69, 9.17) is 0 Å². The zero-order chi connectivity index (χ0) is 26.7. The molecule has 0 aliphatic heterocycles. The number of nitrogens with zero attached hydrogens (tertiary/aromatic N) is 1. The molecule has 0 fully saturated rings. The molecule has 33 heavy (non-hydrogen) atoms. The highest BCUT2D eigenvalue weighted by Gasteiger charge is 2.48. The van der Waals surface area contributed by atoms with Gasteiger partial charge in [-0.3, -0.25) is 0 Å². The SMILES string of the molecule is CC[N+](CC)(CC)CC.O=S(=O)([O-])CC(F)C(F)C(F)C(F)C(F)C(F)C(F)C(F)C(F)F. The third kappa shape index (κ3) is 11.4. The lowest BCUT2D eigenvalue weighted by Gasteiger charge is -2.34. The Balaban J connectivity index is 0. The van der Waals surface area contributed by atoms with Crippen molar-refractivity contribution in [3.63, 3.8) is 0 Å². The summed E-state index contributed by atoms with van der Waals surface area (Å²) in [7, 11) is -5.41. The summed E-state index contributed by atoms with van der Waals surface area (Å²) in [5.41, 5.74) is 0. The summed E-state index contributed by atoms with van der Waals surface area (Å²) < 4.78 is 159. The molecule has 0 aromatic heterocycles. The van der Waals surface area contributed by atoms with Gasteiger partial charge in [0, 0.05) is 0 Å². The van der Waals surface area contributed by atoms with Gasteiger partial charge in [-0.15, -0.1) is 0 Å². The molecule has 0 amide bonds. The van der Waals surface area contributed by atoms with E-state index >= 15 is 0 Å². The molecule has 0 heterocycles. The molecule has 0 aliphatic rings. The summed E-state index contributed by atoms with van der Waals surface area (Å²) in [5.74, 6) is -2.15. The fraction of sp³-hybridized carbons (Fsp3) is 1.00. The lowest BCUT2D eigenvalue weighted by Crippen LogP contribution is -2.48. The van der Waals surface area contributed by atoms with Gasteiger partial charge in [0.2, 0.25) is 0 Å². The van der Waals surface area contributed by atoms with Crippen LogP contribution in [-0.4, -0.2) is 105 Å². The predicted molar refractivity (Wildman–Crippen MR) is 102 cm³/mol. The van der Waals surface area contributed by atoms with E-state index in [9.17, 15) is 56.9 Å². The number of halogens is 10.